The van der Waals surface area contributed by atoms with Crippen LogP contribution in [0.25, 0.3) is 0 Å². The lowest BCUT2D eigenvalue weighted by molar-refractivity contribution is 0.215. The quantitative estimate of drug-likeness (QED) is 0.269. The van der Waals surface area contributed by atoms with Gasteiger partial charge < -0.3 is 10.9 Å². The number of rotatable bonds is 5. The highest BCUT2D eigenvalue weighted by molar-refractivity contribution is 7.89. The van der Waals surface area contributed by atoms with Crippen molar-refractivity contribution in [3.8, 4) is 0 Å². The molecule has 1 rings (SSSR count). The van der Waals surface area contributed by atoms with Crippen molar-refractivity contribution in [3.05, 3.63) is 0 Å². The number of sulfonamides is 1. The molecule has 0 amide bonds. The van der Waals surface area contributed by atoms with Crippen LogP contribution in [0.4, 0.5) is 8.78 Å². The van der Waals surface area contributed by atoms with E-state index in [4.69, 9.17) is 10.9 Å². The second kappa shape index (κ2) is 6.25. The van der Waals surface area contributed by atoms with Gasteiger partial charge in [0.1, 0.15) is 0 Å². The van der Waals surface area contributed by atoms with Crippen LogP contribution in [0.2, 0.25) is 0 Å². The molecule has 0 unspecified atom stereocenters. The molecule has 0 aromatic carbocycles. The summed E-state index contributed by atoms with van der Waals surface area (Å²) in [6.45, 7) is 1.25. The van der Waals surface area contributed by atoms with E-state index in [0.29, 0.717) is 25.9 Å². The Morgan fingerprint density at radius 2 is 2.06 bits per heavy atom. The molecule has 10 heteroatoms. The van der Waals surface area contributed by atoms with Gasteiger partial charge in [0.25, 0.3) is 10.0 Å². The Balaban J connectivity index is 2.41. The molecule has 4 N–H and O–H groups in total. The van der Waals surface area contributed by atoms with E-state index < -0.39 is 21.8 Å². The Bertz CT molecular complexity index is 393. The Morgan fingerprint density at radius 3 is 2.50 bits per heavy atom. The van der Waals surface area contributed by atoms with Gasteiger partial charge in [-0.1, -0.05) is 5.16 Å². The van der Waals surface area contributed by atoms with Crippen molar-refractivity contribution in [1.82, 2.24) is 9.62 Å². The van der Waals surface area contributed by atoms with Crippen molar-refractivity contribution in [3.63, 3.8) is 0 Å². The van der Waals surface area contributed by atoms with Gasteiger partial charge in [-0.05, 0) is 12.8 Å². The highest BCUT2D eigenvalue weighted by Gasteiger charge is 2.29. The number of likely N-dealkylation sites (tertiary alicyclic amines) is 1. The van der Waals surface area contributed by atoms with Crippen molar-refractivity contribution in [2.24, 2.45) is 10.9 Å². The molecule has 1 aliphatic heterocycles. The zero-order valence-corrected chi connectivity index (χ0v) is 10.4. The summed E-state index contributed by atoms with van der Waals surface area (Å²) in [7, 11) is -4.53. The Morgan fingerprint density at radius 1 is 1.50 bits per heavy atom. The fraction of sp³-hybridized carbons (Fsp3) is 0.875. The van der Waals surface area contributed by atoms with Gasteiger partial charge in [-0.15, -0.1) is 0 Å². The summed E-state index contributed by atoms with van der Waals surface area (Å²) in [5, 5.41) is 11.2. The minimum atomic E-state index is -4.53. The first-order chi connectivity index (χ1) is 8.35. The summed E-state index contributed by atoms with van der Waals surface area (Å²) in [4.78, 5) is 1.85. The Kier molecular flexibility index (Phi) is 5.23. The number of nitrogens with one attached hydrogen (secondary N) is 1. The predicted octanol–water partition coefficient (Wildman–Crippen LogP) is -0.661. The number of hydrogen-bond donors (Lipinski definition) is 3. The van der Waals surface area contributed by atoms with E-state index in [-0.39, 0.29) is 12.4 Å². The Hall–Kier alpha value is -1.00. The van der Waals surface area contributed by atoms with Crippen LogP contribution in [0.1, 0.15) is 12.8 Å². The van der Waals surface area contributed by atoms with Gasteiger partial charge in [0.05, 0.1) is 6.54 Å². The number of nitrogens with zero attached hydrogens (tertiary/aromatic N) is 2. The lowest BCUT2D eigenvalue weighted by Gasteiger charge is -2.31. The first kappa shape index (κ1) is 15.1. The van der Waals surface area contributed by atoms with E-state index in [2.05, 4.69) is 5.16 Å². The maximum Gasteiger partial charge on any atom is 0.350 e. The van der Waals surface area contributed by atoms with Crippen molar-refractivity contribution in [2.75, 3.05) is 19.6 Å². The molecule has 0 spiro atoms. The van der Waals surface area contributed by atoms with E-state index in [1.807, 2.05) is 9.62 Å². The maximum atomic E-state index is 12.1. The zero-order chi connectivity index (χ0) is 13.8. The predicted molar refractivity (Wildman–Crippen MR) is 60.9 cm³/mol. The third-order valence-corrected chi connectivity index (χ3v) is 3.80. The molecule has 18 heavy (non-hydrogen) atoms. The lowest BCUT2D eigenvalue weighted by atomic mass is 10.1. The minimum Gasteiger partial charge on any atom is -0.409 e. The van der Waals surface area contributed by atoms with Crippen LogP contribution in [0, 0.1) is 0 Å². The molecule has 1 heterocycles. The van der Waals surface area contributed by atoms with Crippen LogP contribution in [-0.2, 0) is 10.0 Å². The molecule has 7 nitrogen and oxygen atoms in total. The van der Waals surface area contributed by atoms with Crippen LogP contribution in [0.5, 0.6) is 0 Å². The lowest BCUT2D eigenvalue weighted by Crippen LogP contribution is -2.47. The summed E-state index contributed by atoms with van der Waals surface area (Å²) >= 11 is 0. The summed E-state index contributed by atoms with van der Waals surface area (Å²) in [6.07, 6.45) is 0.815. The number of hydrogen-bond acceptors (Lipinski definition) is 5. The second-order valence-corrected chi connectivity index (χ2v) is 5.75. The van der Waals surface area contributed by atoms with E-state index in [0.717, 1.165) is 0 Å². The highest BCUT2D eigenvalue weighted by Crippen LogP contribution is 2.13. The Labute approximate surface area is 104 Å². The van der Waals surface area contributed by atoms with Crippen molar-refractivity contribution in [2.45, 2.75) is 24.6 Å². The van der Waals surface area contributed by atoms with Gasteiger partial charge in [0, 0.05) is 19.1 Å². The van der Waals surface area contributed by atoms with Crippen LogP contribution in [0.3, 0.4) is 0 Å². The number of alkyl halides is 2. The fourth-order valence-electron chi connectivity index (χ4n) is 1.75. The fourth-order valence-corrected chi connectivity index (χ4v) is 2.56. The number of halogens is 2. The van der Waals surface area contributed by atoms with E-state index in [9.17, 15) is 17.2 Å². The molecule has 0 saturated carbocycles. The highest BCUT2D eigenvalue weighted by atomic mass is 32.2. The van der Waals surface area contributed by atoms with Gasteiger partial charge in [0.15, 0.2) is 5.84 Å². The van der Waals surface area contributed by atoms with Crippen molar-refractivity contribution < 1.29 is 22.4 Å². The van der Waals surface area contributed by atoms with E-state index in [1.54, 1.807) is 0 Å². The second-order valence-electron chi connectivity index (χ2n) is 4.07. The molecule has 106 valence electrons. The van der Waals surface area contributed by atoms with Crippen molar-refractivity contribution >= 4 is 15.9 Å². The van der Waals surface area contributed by atoms with Gasteiger partial charge in [-0.2, -0.15) is 8.78 Å². The van der Waals surface area contributed by atoms with Gasteiger partial charge in [0.2, 0.25) is 0 Å². The molecule has 0 atom stereocenters. The molecule has 1 fully saturated rings. The first-order valence-electron chi connectivity index (χ1n) is 5.33. The van der Waals surface area contributed by atoms with Crippen LogP contribution >= 0.6 is 0 Å². The average Bonchev–Trinajstić information content (AvgIpc) is 2.31. The maximum absolute atomic E-state index is 12.1. The van der Waals surface area contributed by atoms with Gasteiger partial charge in [-0.3, -0.25) is 4.90 Å². The molecule has 1 saturated heterocycles. The summed E-state index contributed by atoms with van der Waals surface area (Å²) in [5.41, 5.74) is 5.33. The number of piperidine rings is 1. The molecule has 0 aromatic heterocycles. The number of oxime groups is 1. The largest absolute Gasteiger partial charge is 0.409 e. The molecule has 0 aliphatic carbocycles. The van der Waals surface area contributed by atoms with Crippen LogP contribution < -0.4 is 10.5 Å². The van der Waals surface area contributed by atoms with E-state index in [1.165, 1.54) is 0 Å². The van der Waals surface area contributed by atoms with E-state index >= 15 is 0 Å². The van der Waals surface area contributed by atoms with Gasteiger partial charge >= 0.3 is 5.76 Å². The molecular formula is C8H16F2N4O3S. The molecule has 1 aliphatic rings. The SMILES string of the molecule is NC(CN1CCC(NS(=O)(=O)C(F)F)CC1)=NO. The normalized spacial score (nSPS) is 20.5. The van der Waals surface area contributed by atoms with Crippen molar-refractivity contribution in [1.29, 1.82) is 0 Å². The van der Waals surface area contributed by atoms with Gasteiger partial charge in [-0.25, -0.2) is 13.1 Å². The summed E-state index contributed by atoms with van der Waals surface area (Å²) < 4.78 is 48.2. The summed E-state index contributed by atoms with van der Waals surface area (Å²) in [5.74, 6) is -3.35. The van der Waals surface area contributed by atoms with Crippen LogP contribution in [-0.4, -0.2) is 55.8 Å². The average molecular weight is 286 g/mol. The smallest absolute Gasteiger partial charge is 0.350 e. The topological polar surface area (TPSA) is 108 Å². The third kappa shape index (κ3) is 4.35. The number of nitrogens with two attached hydrogens (primary N) is 1. The molecular weight excluding hydrogens is 270 g/mol. The minimum absolute atomic E-state index is 0.0570. The molecule has 0 aromatic rings. The molecule has 0 radical (unpaired) electrons. The third-order valence-electron chi connectivity index (χ3n) is 2.67. The standard InChI is InChI=1S/C8H16F2N4O3S/c9-8(10)18(16,17)13-6-1-3-14(4-2-6)5-7(11)12-15/h6,8,13,15H,1-5H2,(H2,11,12). The van der Waals surface area contributed by atoms with Crippen LogP contribution in [0.15, 0.2) is 5.16 Å². The number of amidine groups is 1. The monoisotopic (exact) mass is 286 g/mol. The first-order valence-corrected chi connectivity index (χ1v) is 6.88. The molecule has 0 bridgehead atoms. The zero-order valence-electron chi connectivity index (χ0n) is 9.59. The summed E-state index contributed by atoms with van der Waals surface area (Å²) in [6, 6.07) is -0.493.